The summed E-state index contributed by atoms with van der Waals surface area (Å²) in [6.45, 7) is 11.4. The zero-order valence-electron chi connectivity index (χ0n) is 16.5. The van der Waals surface area contributed by atoms with Gasteiger partial charge in [-0.25, -0.2) is 4.99 Å². The fraction of sp³-hybridized carbons (Fsp3) is 0.381. The van der Waals surface area contributed by atoms with Gasteiger partial charge in [-0.3, -0.25) is 9.59 Å². The number of nitrogens with zero attached hydrogens (tertiary/aromatic N) is 2. The molecule has 0 bridgehead atoms. The third kappa shape index (κ3) is 4.86. The topological polar surface area (TPSA) is 61.8 Å². The van der Waals surface area contributed by atoms with Gasteiger partial charge in [0, 0.05) is 24.7 Å². The standard InChI is InChI=1S/C21H26ClN3O2/c1-6-25(7-2)16-10-8-15(9-11-16)23-17-12-18(24-21(27)13(3)4)20(26)19(22)14(17)5/h8-13H,6-7H2,1-5H3,(H,24,27). The second kappa shape index (κ2) is 9.00. The van der Waals surface area contributed by atoms with Crippen LogP contribution in [0.4, 0.5) is 11.4 Å². The Morgan fingerprint density at radius 1 is 1.19 bits per heavy atom. The molecule has 1 amide bonds. The Balaban J connectivity index is 2.35. The number of Topliss-reactive ketones (excluding diaryl/α,β-unsaturated/α-hetero) is 1. The van der Waals surface area contributed by atoms with Crippen LogP contribution in [0, 0.1) is 5.92 Å². The molecule has 2 rings (SSSR count). The van der Waals surface area contributed by atoms with Gasteiger partial charge in [0.2, 0.25) is 11.7 Å². The van der Waals surface area contributed by atoms with Crippen molar-refractivity contribution >= 4 is 40.4 Å². The van der Waals surface area contributed by atoms with E-state index in [1.807, 2.05) is 24.3 Å². The normalized spacial score (nSPS) is 16.0. The lowest BCUT2D eigenvalue weighted by Gasteiger charge is -2.21. The summed E-state index contributed by atoms with van der Waals surface area (Å²) in [6.07, 6.45) is 1.59. The maximum Gasteiger partial charge on any atom is 0.227 e. The van der Waals surface area contributed by atoms with Crippen molar-refractivity contribution in [3.8, 4) is 0 Å². The zero-order chi connectivity index (χ0) is 20.1. The number of carbonyl (C=O) groups is 2. The first-order valence-corrected chi connectivity index (χ1v) is 9.53. The maximum atomic E-state index is 12.3. The molecule has 0 radical (unpaired) electrons. The first-order chi connectivity index (χ1) is 12.8. The molecule has 1 aliphatic rings. The van der Waals surface area contributed by atoms with E-state index in [4.69, 9.17) is 11.6 Å². The second-order valence-corrected chi connectivity index (χ2v) is 7.03. The third-order valence-corrected chi connectivity index (χ3v) is 4.90. The number of allylic oxidation sites excluding steroid dienone is 3. The van der Waals surface area contributed by atoms with E-state index in [-0.39, 0.29) is 28.3 Å². The van der Waals surface area contributed by atoms with Crippen molar-refractivity contribution in [2.75, 3.05) is 18.0 Å². The first-order valence-electron chi connectivity index (χ1n) is 9.16. The van der Waals surface area contributed by atoms with E-state index < -0.39 is 0 Å². The molecule has 1 N–H and O–H groups in total. The summed E-state index contributed by atoms with van der Waals surface area (Å²) in [7, 11) is 0. The molecule has 0 aromatic heterocycles. The fourth-order valence-electron chi connectivity index (χ4n) is 2.66. The summed E-state index contributed by atoms with van der Waals surface area (Å²) in [5, 5.41) is 2.72. The summed E-state index contributed by atoms with van der Waals surface area (Å²) in [6, 6.07) is 7.90. The largest absolute Gasteiger partial charge is 0.372 e. The van der Waals surface area contributed by atoms with Crippen LogP contribution >= 0.6 is 11.6 Å². The third-order valence-electron chi connectivity index (χ3n) is 4.45. The van der Waals surface area contributed by atoms with Crippen LogP contribution in [0.5, 0.6) is 0 Å². The molecule has 1 aromatic rings. The first kappa shape index (κ1) is 20.9. The van der Waals surface area contributed by atoms with Gasteiger partial charge in [-0.2, -0.15) is 0 Å². The van der Waals surface area contributed by atoms with E-state index in [2.05, 4.69) is 29.1 Å². The Labute approximate surface area is 165 Å². The van der Waals surface area contributed by atoms with Gasteiger partial charge in [0.25, 0.3) is 0 Å². The molecule has 1 aromatic carbocycles. The van der Waals surface area contributed by atoms with E-state index in [1.54, 1.807) is 26.8 Å². The highest BCUT2D eigenvalue weighted by molar-refractivity contribution is 6.49. The van der Waals surface area contributed by atoms with Crippen molar-refractivity contribution in [3.05, 3.63) is 46.6 Å². The predicted octanol–water partition coefficient (Wildman–Crippen LogP) is 4.36. The number of nitrogens with one attached hydrogen (secondary N) is 1. The van der Waals surface area contributed by atoms with Gasteiger partial charge in [0.1, 0.15) is 0 Å². The second-order valence-electron chi connectivity index (χ2n) is 6.66. The minimum Gasteiger partial charge on any atom is -0.372 e. The summed E-state index contributed by atoms with van der Waals surface area (Å²) in [4.78, 5) is 31.2. The Kier molecular flexibility index (Phi) is 6.97. The molecular formula is C21H26ClN3O2. The number of hydrogen-bond donors (Lipinski definition) is 1. The zero-order valence-corrected chi connectivity index (χ0v) is 17.2. The molecule has 0 saturated heterocycles. The van der Waals surface area contributed by atoms with Gasteiger partial charge >= 0.3 is 0 Å². The number of amides is 1. The summed E-state index contributed by atoms with van der Waals surface area (Å²) < 4.78 is 0. The minimum absolute atomic E-state index is 0.0788. The van der Waals surface area contributed by atoms with Crippen LogP contribution in [0.2, 0.25) is 0 Å². The molecule has 1 aliphatic carbocycles. The van der Waals surface area contributed by atoms with Crippen molar-refractivity contribution in [3.63, 3.8) is 0 Å². The van der Waals surface area contributed by atoms with E-state index in [0.29, 0.717) is 11.3 Å². The number of ketones is 1. The van der Waals surface area contributed by atoms with Crippen LogP contribution in [0.25, 0.3) is 0 Å². The highest BCUT2D eigenvalue weighted by Gasteiger charge is 2.25. The average molecular weight is 388 g/mol. The molecule has 27 heavy (non-hydrogen) atoms. The summed E-state index contributed by atoms with van der Waals surface area (Å²) in [5.41, 5.74) is 3.20. The van der Waals surface area contributed by atoms with Crippen LogP contribution in [-0.4, -0.2) is 30.5 Å². The van der Waals surface area contributed by atoms with Gasteiger partial charge < -0.3 is 10.2 Å². The van der Waals surface area contributed by atoms with Crippen molar-refractivity contribution in [2.24, 2.45) is 10.9 Å². The van der Waals surface area contributed by atoms with Gasteiger partial charge in [-0.15, -0.1) is 0 Å². The lowest BCUT2D eigenvalue weighted by molar-refractivity contribution is -0.124. The molecule has 6 heteroatoms. The number of rotatable bonds is 6. The molecule has 0 aliphatic heterocycles. The van der Waals surface area contributed by atoms with Gasteiger partial charge in [0.15, 0.2) is 0 Å². The summed E-state index contributed by atoms with van der Waals surface area (Å²) >= 11 is 6.19. The van der Waals surface area contributed by atoms with Gasteiger partial charge in [0.05, 0.1) is 22.1 Å². The van der Waals surface area contributed by atoms with Crippen molar-refractivity contribution < 1.29 is 9.59 Å². The molecule has 0 heterocycles. The van der Waals surface area contributed by atoms with Crippen LogP contribution in [0.1, 0.15) is 34.6 Å². The van der Waals surface area contributed by atoms with Crippen LogP contribution in [-0.2, 0) is 9.59 Å². The number of hydrogen-bond acceptors (Lipinski definition) is 4. The highest BCUT2D eigenvalue weighted by Crippen LogP contribution is 2.26. The Hall–Kier alpha value is -2.40. The molecule has 0 unspecified atom stereocenters. The number of halogens is 1. The SMILES string of the molecule is CCN(CC)c1ccc(N=C2C=C(NC(=O)C(C)C)C(=O)C(Cl)=C2C)cc1. The Bertz CT molecular complexity index is 816. The van der Waals surface area contributed by atoms with Gasteiger partial charge in [-0.1, -0.05) is 25.4 Å². The lowest BCUT2D eigenvalue weighted by Crippen LogP contribution is -2.33. The van der Waals surface area contributed by atoms with Crippen molar-refractivity contribution in [2.45, 2.75) is 34.6 Å². The molecule has 0 fully saturated rings. The van der Waals surface area contributed by atoms with Crippen molar-refractivity contribution in [1.29, 1.82) is 0 Å². The fourth-order valence-corrected chi connectivity index (χ4v) is 2.86. The minimum atomic E-state index is -0.390. The lowest BCUT2D eigenvalue weighted by atomic mass is 10.0. The van der Waals surface area contributed by atoms with Crippen LogP contribution < -0.4 is 10.2 Å². The summed E-state index contributed by atoms with van der Waals surface area (Å²) in [5.74, 6) is -0.863. The van der Waals surface area contributed by atoms with Gasteiger partial charge in [-0.05, 0) is 56.7 Å². The average Bonchev–Trinajstić information content (AvgIpc) is 2.65. The number of anilines is 1. The molecule has 0 saturated carbocycles. The number of benzene rings is 1. The van der Waals surface area contributed by atoms with Crippen LogP contribution in [0.15, 0.2) is 51.6 Å². The maximum absolute atomic E-state index is 12.3. The van der Waals surface area contributed by atoms with E-state index in [9.17, 15) is 9.59 Å². The Morgan fingerprint density at radius 3 is 2.30 bits per heavy atom. The predicted molar refractivity (Wildman–Crippen MR) is 112 cm³/mol. The van der Waals surface area contributed by atoms with E-state index in [1.165, 1.54) is 0 Å². The number of aliphatic imine (C=N–C) groups is 1. The molecule has 0 atom stereocenters. The quantitative estimate of drug-likeness (QED) is 0.738. The van der Waals surface area contributed by atoms with Crippen molar-refractivity contribution in [1.82, 2.24) is 5.32 Å². The number of carbonyl (C=O) groups excluding carboxylic acids is 2. The van der Waals surface area contributed by atoms with E-state index in [0.717, 1.165) is 24.5 Å². The molecule has 5 nitrogen and oxygen atoms in total. The van der Waals surface area contributed by atoms with E-state index >= 15 is 0 Å². The monoisotopic (exact) mass is 387 g/mol. The Morgan fingerprint density at radius 2 is 1.78 bits per heavy atom. The molecule has 0 spiro atoms. The molecular weight excluding hydrogens is 362 g/mol. The van der Waals surface area contributed by atoms with Crippen LogP contribution in [0.3, 0.4) is 0 Å². The smallest absolute Gasteiger partial charge is 0.227 e. The molecule has 144 valence electrons. The highest BCUT2D eigenvalue weighted by atomic mass is 35.5.